The zero-order valence-electron chi connectivity index (χ0n) is 10.5. The van der Waals surface area contributed by atoms with Crippen LogP contribution >= 0.6 is 0 Å². The SMILES string of the molecule is CNc1nc(-c2ccc(F)cc2C)c2cn[nH]c2n1. The lowest BCUT2D eigenvalue weighted by Crippen LogP contribution is -1.99. The van der Waals surface area contributed by atoms with E-state index in [0.29, 0.717) is 11.6 Å². The first-order chi connectivity index (χ1) is 9.19. The summed E-state index contributed by atoms with van der Waals surface area (Å²) in [6, 6.07) is 4.64. The molecule has 0 amide bonds. The molecule has 6 heteroatoms. The molecule has 0 saturated carbocycles. The van der Waals surface area contributed by atoms with Crippen LogP contribution in [0.2, 0.25) is 0 Å². The highest BCUT2D eigenvalue weighted by Gasteiger charge is 2.13. The Hall–Kier alpha value is -2.50. The van der Waals surface area contributed by atoms with Gasteiger partial charge in [-0.15, -0.1) is 0 Å². The molecule has 0 bridgehead atoms. The van der Waals surface area contributed by atoms with Gasteiger partial charge in [-0.1, -0.05) is 0 Å². The second kappa shape index (κ2) is 4.31. The summed E-state index contributed by atoms with van der Waals surface area (Å²) in [6.07, 6.45) is 1.67. The van der Waals surface area contributed by atoms with Gasteiger partial charge in [0.05, 0.1) is 17.3 Å². The van der Waals surface area contributed by atoms with Gasteiger partial charge in [0.15, 0.2) is 5.65 Å². The average molecular weight is 257 g/mol. The van der Waals surface area contributed by atoms with Gasteiger partial charge in [0.1, 0.15) is 5.82 Å². The Morgan fingerprint density at radius 1 is 1.26 bits per heavy atom. The molecule has 0 spiro atoms. The number of H-pyrrole nitrogens is 1. The van der Waals surface area contributed by atoms with Crippen LogP contribution in [-0.4, -0.2) is 27.2 Å². The van der Waals surface area contributed by atoms with E-state index in [0.717, 1.165) is 22.2 Å². The number of aromatic amines is 1. The number of anilines is 1. The molecular weight excluding hydrogens is 245 g/mol. The van der Waals surface area contributed by atoms with Gasteiger partial charge in [0, 0.05) is 12.6 Å². The summed E-state index contributed by atoms with van der Waals surface area (Å²) in [4.78, 5) is 8.72. The summed E-state index contributed by atoms with van der Waals surface area (Å²) in [7, 11) is 1.75. The largest absolute Gasteiger partial charge is 0.357 e. The van der Waals surface area contributed by atoms with Gasteiger partial charge in [-0.25, -0.2) is 9.37 Å². The van der Waals surface area contributed by atoms with Crippen LogP contribution in [0.5, 0.6) is 0 Å². The summed E-state index contributed by atoms with van der Waals surface area (Å²) in [5, 5.41) is 10.5. The lowest BCUT2D eigenvalue weighted by molar-refractivity contribution is 0.627. The molecule has 19 heavy (non-hydrogen) atoms. The molecule has 3 rings (SSSR count). The predicted octanol–water partition coefficient (Wildman–Crippen LogP) is 2.51. The second-order valence-corrected chi connectivity index (χ2v) is 4.24. The van der Waals surface area contributed by atoms with Crippen molar-refractivity contribution in [3.63, 3.8) is 0 Å². The van der Waals surface area contributed by atoms with Crippen molar-refractivity contribution >= 4 is 17.0 Å². The molecule has 2 heterocycles. The molecule has 1 aromatic carbocycles. The molecule has 2 N–H and O–H groups in total. The number of nitrogens with zero attached hydrogens (tertiary/aromatic N) is 3. The van der Waals surface area contributed by atoms with Gasteiger partial charge in [-0.05, 0) is 30.7 Å². The maximum atomic E-state index is 13.2. The highest BCUT2D eigenvalue weighted by atomic mass is 19.1. The zero-order chi connectivity index (χ0) is 13.4. The van der Waals surface area contributed by atoms with E-state index >= 15 is 0 Å². The molecule has 3 aromatic rings. The number of hydrogen-bond donors (Lipinski definition) is 2. The topological polar surface area (TPSA) is 66.5 Å². The molecule has 0 saturated heterocycles. The van der Waals surface area contributed by atoms with E-state index in [1.54, 1.807) is 19.3 Å². The first-order valence-electron chi connectivity index (χ1n) is 5.84. The number of benzene rings is 1. The second-order valence-electron chi connectivity index (χ2n) is 4.24. The zero-order valence-corrected chi connectivity index (χ0v) is 10.5. The first-order valence-corrected chi connectivity index (χ1v) is 5.84. The fourth-order valence-corrected chi connectivity index (χ4v) is 2.04. The third-order valence-electron chi connectivity index (χ3n) is 2.98. The fraction of sp³-hybridized carbons (Fsp3) is 0.154. The maximum absolute atomic E-state index is 13.2. The predicted molar refractivity (Wildman–Crippen MR) is 71.4 cm³/mol. The van der Waals surface area contributed by atoms with Crippen LogP contribution in [0.25, 0.3) is 22.3 Å². The summed E-state index contributed by atoms with van der Waals surface area (Å²) < 4.78 is 13.2. The molecule has 0 unspecified atom stereocenters. The molecule has 0 atom stereocenters. The van der Waals surface area contributed by atoms with Gasteiger partial charge < -0.3 is 5.32 Å². The van der Waals surface area contributed by atoms with Crippen molar-refractivity contribution < 1.29 is 4.39 Å². The van der Waals surface area contributed by atoms with Crippen LogP contribution in [0, 0.1) is 12.7 Å². The maximum Gasteiger partial charge on any atom is 0.225 e. The smallest absolute Gasteiger partial charge is 0.225 e. The number of nitrogens with one attached hydrogen (secondary N) is 2. The first kappa shape index (κ1) is 11.6. The van der Waals surface area contributed by atoms with Crippen LogP contribution in [0.1, 0.15) is 5.56 Å². The summed E-state index contributed by atoms with van der Waals surface area (Å²) in [5.74, 6) is 0.239. The van der Waals surface area contributed by atoms with E-state index in [-0.39, 0.29) is 5.82 Å². The van der Waals surface area contributed by atoms with E-state index < -0.39 is 0 Å². The van der Waals surface area contributed by atoms with Crippen LogP contribution in [0.3, 0.4) is 0 Å². The van der Waals surface area contributed by atoms with Crippen molar-refractivity contribution in [1.82, 2.24) is 20.2 Å². The van der Waals surface area contributed by atoms with Crippen molar-refractivity contribution in [1.29, 1.82) is 0 Å². The summed E-state index contributed by atoms with van der Waals surface area (Å²) in [5.41, 5.74) is 3.08. The number of aryl methyl sites for hydroxylation is 1. The monoisotopic (exact) mass is 257 g/mol. The van der Waals surface area contributed by atoms with E-state index in [1.165, 1.54) is 12.1 Å². The third kappa shape index (κ3) is 1.91. The van der Waals surface area contributed by atoms with Gasteiger partial charge in [-0.2, -0.15) is 10.1 Å². The summed E-state index contributed by atoms with van der Waals surface area (Å²) in [6.45, 7) is 1.85. The lowest BCUT2D eigenvalue weighted by atomic mass is 10.0. The molecule has 0 aliphatic rings. The number of fused-ring (bicyclic) bond motifs is 1. The molecule has 96 valence electrons. The van der Waals surface area contributed by atoms with Crippen molar-refractivity contribution in [2.75, 3.05) is 12.4 Å². The van der Waals surface area contributed by atoms with Crippen molar-refractivity contribution in [2.45, 2.75) is 6.92 Å². The Bertz CT molecular complexity index is 750. The summed E-state index contributed by atoms with van der Waals surface area (Å²) >= 11 is 0. The average Bonchev–Trinajstić information content (AvgIpc) is 2.86. The molecule has 0 fully saturated rings. The van der Waals surface area contributed by atoms with Crippen LogP contribution in [0.4, 0.5) is 10.3 Å². The van der Waals surface area contributed by atoms with Gasteiger partial charge >= 0.3 is 0 Å². The normalized spacial score (nSPS) is 10.9. The van der Waals surface area contributed by atoms with Crippen LogP contribution in [0.15, 0.2) is 24.4 Å². The molecule has 0 radical (unpaired) electrons. The fourth-order valence-electron chi connectivity index (χ4n) is 2.04. The van der Waals surface area contributed by atoms with E-state index in [9.17, 15) is 4.39 Å². The van der Waals surface area contributed by atoms with Crippen molar-refractivity contribution in [3.8, 4) is 11.3 Å². The molecule has 5 nitrogen and oxygen atoms in total. The highest BCUT2D eigenvalue weighted by Crippen LogP contribution is 2.28. The highest BCUT2D eigenvalue weighted by molar-refractivity contribution is 5.91. The minimum Gasteiger partial charge on any atom is -0.357 e. The molecular formula is C13H12FN5. The minimum atomic E-state index is -0.257. The molecule has 0 aliphatic carbocycles. The lowest BCUT2D eigenvalue weighted by Gasteiger charge is -2.08. The quantitative estimate of drug-likeness (QED) is 0.740. The minimum absolute atomic E-state index is 0.257. The van der Waals surface area contributed by atoms with Crippen molar-refractivity contribution in [3.05, 3.63) is 35.8 Å². The van der Waals surface area contributed by atoms with E-state index in [4.69, 9.17) is 0 Å². The third-order valence-corrected chi connectivity index (χ3v) is 2.98. The van der Waals surface area contributed by atoms with Gasteiger partial charge in [0.2, 0.25) is 5.95 Å². The number of rotatable bonds is 2. The van der Waals surface area contributed by atoms with E-state index in [2.05, 4.69) is 25.5 Å². The Morgan fingerprint density at radius 2 is 2.11 bits per heavy atom. The Kier molecular flexibility index (Phi) is 2.63. The molecule has 2 aromatic heterocycles. The number of halogens is 1. The molecule has 0 aliphatic heterocycles. The van der Waals surface area contributed by atoms with E-state index in [1.807, 2.05) is 6.92 Å². The number of hydrogen-bond acceptors (Lipinski definition) is 4. The Labute approximate surface area is 108 Å². The number of aromatic nitrogens is 4. The van der Waals surface area contributed by atoms with Gasteiger partial charge in [-0.3, -0.25) is 5.10 Å². The van der Waals surface area contributed by atoms with Crippen molar-refractivity contribution in [2.24, 2.45) is 0 Å². The Balaban J connectivity index is 2.31. The Morgan fingerprint density at radius 3 is 2.84 bits per heavy atom. The van der Waals surface area contributed by atoms with Crippen LogP contribution < -0.4 is 5.32 Å². The van der Waals surface area contributed by atoms with Gasteiger partial charge in [0.25, 0.3) is 0 Å². The van der Waals surface area contributed by atoms with Crippen LogP contribution in [-0.2, 0) is 0 Å². The standard InChI is InChI=1S/C13H12FN5/c1-7-5-8(14)3-4-9(7)11-10-6-16-19-12(10)18-13(15-2)17-11/h3-6H,1-2H3,(H2,15,16,17,18,19).